The molecule has 0 aliphatic carbocycles. The molecule has 2 aromatic rings. The molecule has 3 rings (SSSR count). The maximum atomic E-state index is 12.4. The number of para-hydroxylation sites is 2. The van der Waals surface area contributed by atoms with Gasteiger partial charge in [0.1, 0.15) is 16.4 Å². The Hall–Kier alpha value is -1.36. The van der Waals surface area contributed by atoms with E-state index in [4.69, 9.17) is 0 Å². The fraction of sp³-hybridized carbons (Fsp3) is 0.286. The van der Waals surface area contributed by atoms with Gasteiger partial charge < -0.3 is 10.1 Å². The summed E-state index contributed by atoms with van der Waals surface area (Å²) in [5, 5.41) is 9.37. The van der Waals surface area contributed by atoms with Crippen LogP contribution in [0, 0.1) is 0 Å². The van der Waals surface area contributed by atoms with E-state index in [0.717, 1.165) is 21.1 Å². The number of rotatable bonds is 6. The Morgan fingerprint density at radius 1 is 1.50 bits per heavy atom. The van der Waals surface area contributed by atoms with Gasteiger partial charge in [-0.05, 0) is 34.5 Å². The maximum Gasteiger partial charge on any atom is 0.322 e. The second kappa shape index (κ2) is 6.87. The van der Waals surface area contributed by atoms with E-state index in [1.165, 1.54) is 0 Å². The molecule has 2 unspecified atom stereocenters. The van der Waals surface area contributed by atoms with Gasteiger partial charge >= 0.3 is 5.97 Å². The first-order valence-corrected chi connectivity index (χ1v) is 10.3. The summed E-state index contributed by atoms with van der Waals surface area (Å²) in [4.78, 5) is 18.8. The van der Waals surface area contributed by atoms with Crippen LogP contribution in [0.2, 0.25) is 0 Å². The SMILES string of the molecule is O=C(O)C(Cc1nc2ccccc2[nH]1)NS(=O)(=O)C1CC=C(Br)S1. The molecule has 24 heavy (non-hydrogen) atoms. The van der Waals surface area contributed by atoms with E-state index < -0.39 is 26.6 Å². The maximum absolute atomic E-state index is 12.4. The van der Waals surface area contributed by atoms with E-state index in [-0.39, 0.29) is 6.42 Å². The minimum atomic E-state index is -3.78. The Kier molecular flexibility index (Phi) is 5.00. The number of carboxylic acid groups (broad SMARTS) is 1. The van der Waals surface area contributed by atoms with Gasteiger partial charge in [-0.3, -0.25) is 4.79 Å². The van der Waals surface area contributed by atoms with Crippen molar-refractivity contribution in [3.05, 3.63) is 40.0 Å². The number of H-pyrrole nitrogens is 1. The van der Waals surface area contributed by atoms with E-state index in [2.05, 4.69) is 30.6 Å². The zero-order chi connectivity index (χ0) is 17.3. The van der Waals surface area contributed by atoms with Gasteiger partial charge in [0, 0.05) is 10.2 Å². The predicted octanol–water partition coefficient (Wildman–Crippen LogP) is 2.18. The molecule has 1 aromatic carbocycles. The normalized spacial score (nSPS) is 19.4. The molecule has 1 aliphatic heterocycles. The number of fused-ring (bicyclic) bond motifs is 1. The van der Waals surface area contributed by atoms with Crippen LogP contribution < -0.4 is 4.72 Å². The van der Waals surface area contributed by atoms with Crippen LogP contribution in [0.1, 0.15) is 12.2 Å². The van der Waals surface area contributed by atoms with Gasteiger partial charge in [-0.25, -0.2) is 13.4 Å². The Bertz CT molecular complexity index is 877. The Labute approximate surface area is 151 Å². The van der Waals surface area contributed by atoms with Gasteiger partial charge in [0.25, 0.3) is 0 Å². The highest BCUT2D eigenvalue weighted by atomic mass is 79.9. The summed E-state index contributed by atoms with van der Waals surface area (Å²) in [7, 11) is -3.78. The minimum Gasteiger partial charge on any atom is -0.480 e. The molecular weight excluding hydrogens is 418 g/mol. The molecule has 1 aromatic heterocycles. The summed E-state index contributed by atoms with van der Waals surface area (Å²) in [6.07, 6.45) is 2.02. The zero-order valence-corrected chi connectivity index (χ0v) is 15.5. The molecule has 7 nitrogen and oxygen atoms in total. The Balaban J connectivity index is 1.76. The number of nitrogens with zero attached hydrogens (tertiary/aromatic N) is 1. The number of allylic oxidation sites excluding steroid dienone is 1. The highest BCUT2D eigenvalue weighted by Gasteiger charge is 2.34. The fourth-order valence-electron chi connectivity index (χ4n) is 2.35. The second-order valence-electron chi connectivity index (χ2n) is 5.25. The lowest BCUT2D eigenvalue weighted by molar-refractivity contribution is -0.138. The molecule has 2 atom stereocenters. The average molecular weight is 432 g/mol. The Morgan fingerprint density at radius 2 is 2.25 bits per heavy atom. The lowest BCUT2D eigenvalue weighted by atomic mass is 10.2. The third-order valence-corrected chi connectivity index (χ3v) is 7.78. The molecule has 0 radical (unpaired) electrons. The number of thioether (sulfide) groups is 1. The van der Waals surface area contributed by atoms with Gasteiger partial charge in [-0.2, -0.15) is 4.72 Å². The van der Waals surface area contributed by atoms with Crippen molar-refractivity contribution in [2.45, 2.75) is 23.5 Å². The average Bonchev–Trinajstić information content (AvgIpc) is 3.12. The predicted molar refractivity (Wildman–Crippen MR) is 96.3 cm³/mol. The Morgan fingerprint density at radius 3 is 2.88 bits per heavy atom. The molecule has 1 aliphatic rings. The van der Waals surface area contributed by atoms with Crippen LogP contribution in [0.15, 0.2) is 34.2 Å². The number of benzene rings is 1. The zero-order valence-electron chi connectivity index (χ0n) is 12.3. The van der Waals surface area contributed by atoms with Gasteiger partial charge in [-0.1, -0.05) is 30.0 Å². The lowest BCUT2D eigenvalue weighted by Gasteiger charge is -2.17. The van der Waals surface area contributed by atoms with Gasteiger partial charge in [0.05, 0.1) is 11.0 Å². The van der Waals surface area contributed by atoms with Crippen molar-refractivity contribution < 1.29 is 18.3 Å². The second-order valence-corrected chi connectivity index (χ2v) is 10.1. The van der Waals surface area contributed by atoms with Crippen LogP contribution in [0.5, 0.6) is 0 Å². The number of hydrogen-bond acceptors (Lipinski definition) is 5. The van der Waals surface area contributed by atoms with E-state index in [1.54, 1.807) is 12.1 Å². The number of nitrogens with one attached hydrogen (secondary N) is 2. The molecule has 128 valence electrons. The molecule has 0 saturated carbocycles. The molecule has 10 heteroatoms. The largest absolute Gasteiger partial charge is 0.480 e. The highest BCUT2D eigenvalue weighted by molar-refractivity contribution is 9.14. The molecule has 0 fully saturated rings. The van der Waals surface area contributed by atoms with Gasteiger partial charge in [0.15, 0.2) is 0 Å². The van der Waals surface area contributed by atoms with Crippen LogP contribution in [0.25, 0.3) is 11.0 Å². The third-order valence-electron chi connectivity index (χ3n) is 3.50. The van der Waals surface area contributed by atoms with E-state index in [0.29, 0.717) is 17.8 Å². The summed E-state index contributed by atoms with van der Waals surface area (Å²) < 4.78 is 27.0. The van der Waals surface area contributed by atoms with E-state index in [1.807, 2.05) is 18.2 Å². The van der Waals surface area contributed by atoms with Crippen LogP contribution in [-0.2, 0) is 21.2 Å². The number of sulfonamides is 1. The molecular formula is C14H14BrN3O4S2. The van der Waals surface area contributed by atoms with Crippen LogP contribution in [0.4, 0.5) is 0 Å². The summed E-state index contributed by atoms with van der Waals surface area (Å²) in [6, 6.07) is 6.00. The number of hydrogen-bond donors (Lipinski definition) is 3. The summed E-state index contributed by atoms with van der Waals surface area (Å²) in [6.45, 7) is 0. The highest BCUT2D eigenvalue weighted by Crippen LogP contribution is 2.38. The quantitative estimate of drug-likeness (QED) is 0.645. The first kappa shape index (κ1) is 17.5. The molecule has 0 saturated heterocycles. The molecule has 2 heterocycles. The smallest absolute Gasteiger partial charge is 0.322 e. The van der Waals surface area contributed by atoms with Crippen molar-refractivity contribution in [2.75, 3.05) is 0 Å². The van der Waals surface area contributed by atoms with Crippen molar-refractivity contribution in [2.24, 2.45) is 0 Å². The van der Waals surface area contributed by atoms with Crippen LogP contribution >= 0.6 is 27.7 Å². The summed E-state index contributed by atoms with van der Waals surface area (Å²) in [5.74, 6) is -0.821. The lowest BCUT2D eigenvalue weighted by Crippen LogP contribution is -2.45. The molecule has 0 spiro atoms. The van der Waals surface area contributed by atoms with Crippen molar-refractivity contribution in [3.63, 3.8) is 0 Å². The number of imidazole rings is 1. The van der Waals surface area contributed by atoms with E-state index >= 15 is 0 Å². The monoisotopic (exact) mass is 431 g/mol. The van der Waals surface area contributed by atoms with Crippen molar-refractivity contribution >= 4 is 54.7 Å². The first-order chi connectivity index (χ1) is 11.3. The topological polar surface area (TPSA) is 112 Å². The number of aromatic amines is 1. The number of carboxylic acids is 1. The van der Waals surface area contributed by atoms with E-state index in [9.17, 15) is 18.3 Å². The van der Waals surface area contributed by atoms with Gasteiger partial charge in [0.2, 0.25) is 10.0 Å². The number of carbonyl (C=O) groups is 1. The summed E-state index contributed by atoms with van der Waals surface area (Å²) >= 11 is 4.39. The van der Waals surface area contributed by atoms with Crippen molar-refractivity contribution in [1.29, 1.82) is 0 Å². The van der Waals surface area contributed by atoms with Crippen molar-refractivity contribution in [1.82, 2.24) is 14.7 Å². The third kappa shape index (κ3) is 3.82. The molecule has 0 bridgehead atoms. The van der Waals surface area contributed by atoms with Crippen molar-refractivity contribution in [3.8, 4) is 0 Å². The number of aliphatic carboxylic acids is 1. The summed E-state index contributed by atoms with van der Waals surface area (Å²) in [5.41, 5.74) is 1.48. The minimum absolute atomic E-state index is 0.0603. The standard InChI is InChI=1S/C14H14BrN3O4S2/c15-11-5-6-13(23-11)24(21,22)18-10(14(19)20)7-12-16-8-3-1-2-4-9(8)17-12/h1-5,10,13,18H,6-7H2,(H,16,17)(H,19,20). The van der Waals surface area contributed by atoms with Crippen LogP contribution in [-0.4, -0.2) is 40.1 Å². The van der Waals surface area contributed by atoms with Gasteiger partial charge in [-0.15, -0.1) is 0 Å². The number of halogens is 1. The fourth-order valence-corrected chi connectivity index (χ4v) is 6.29. The molecule has 0 amide bonds. The number of aromatic nitrogens is 2. The molecule has 3 N–H and O–H groups in total. The van der Waals surface area contributed by atoms with Crippen LogP contribution in [0.3, 0.4) is 0 Å². The first-order valence-electron chi connectivity index (χ1n) is 7.05.